The van der Waals surface area contributed by atoms with E-state index in [9.17, 15) is 4.79 Å². The van der Waals surface area contributed by atoms with Crippen LogP contribution in [0.5, 0.6) is 0 Å². The van der Waals surface area contributed by atoms with Gasteiger partial charge in [-0.05, 0) is 34.4 Å². The van der Waals surface area contributed by atoms with Gasteiger partial charge in [-0.25, -0.2) is 0 Å². The Morgan fingerprint density at radius 3 is 2.67 bits per heavy atom. The van der Waals surface area contributed by atoms with Crippen molar-refractivity contribution in [2.75, 3.05) is 20.3 Å². The van der Waals surface area contributed by atoms with E-state index < -0.39 is 0 Å². The number of carbonyl (C=O) groups excluding carboxylic acids is 1. The van der Waals surface area contributed by atoms with Crippen molar-refractivity contribution in [2.45, 2.75) is 19.4 Å². The molecule has 0 spiro atoms. The smallest absolute Gasteiger partial charge is 0.223 e. The van der Waals surface area contributed by atoms with E-state index in [1.807, 2.05) is 40.6 Å². The molecule has 0 N–H and O–H groups in total. The Balaban J connectivity index is 1.92. The van der Waals surface area contributed by atoms with Crippen LogP contribution in [0.4, 0.5) is 0 Å². The van der Waals surface area contributed by atoms with Gasteiger partial charge in [-0.1, -0.05) is 30.3 Å². The quantitative estimate of drug-likeness (QED) is 0.748. The molecular formula is C17H21NO2S. The summed E-state index contributed by atoms with van der Waals surface area (Å²) in [7, 11) is 1.66. The standard InChI is InChI=1S/C17H21NO2S/c1-20-11-10-18(13-15-5-3-2-4-6-15)17(19)8-7-16-9-12-21-14-16/h2-6,9,12,14H,7-8,10-11,13H2,1H3. The van der Waals surface area contributed by atoms with Crippen LogP contribution in [0.2, 0.25) is 0 Å². The van der Waals surface area contributed by atoms with Gasteiger partial charge < -0.3 is 9.64 Å². The van der Waals surface area contributed by atoms with Gasteiger partial charge in [-0.2, -0.15) is 11.3 Å². The summed E-state index contributed by atoms with van der Waals surface area (Å²) in [5.74, 6) is 0.183. The molecule has 0 saturated heterocycles. The van der Waals surface area contributed by atoms with E-state index >= 15 is 0 Å². The monoisotopic (exact) mass is 303 g/mol. The van der Waals surface area contributed by atoms with E-state index in [0.29, 0.717) is 26.1 Å². The highest BCUT2D eigenvalue weighted by atomic mass is 32.1. The fraction of sp³-hybridized carbons (Fsp3) is 0.353. The zero-order valence-electron chi connectivity index (χ0n) is 12.3. The predicted octanol–water partition coefficient (Wildman–Crippen LogP) is 3.36. The molecule has 0 radical (unpaired) electrons. The third-order valence-electron chi connectivity index (χ3n) is 3.34. The summed E-state index contributed by atoms with van der Waals surface area (Å²) in [6.07, 6.45) is 1.36. The Labute approximate surface area is 130 Å². The van der Waals surface area contributed by atoms with Crippen LogP contribution in [-0.4, -0.2) is 31.1 Å². The van der Waals surface area contributed by atoms with Crippen molar-refractivity contribution in [1.82, 2.24) is 4.90 Å². The van der Waals surface area contributed by atoms with Crippen molar-refractivity contribution < 1.29 is 9.53 Å². The molecule has 0 saturated carbocycles. The van der Waals surface area contributed by atoms with Crippen molar-refractivity contribution in [2.24, 2.45) is 0 Å². The van der Waals surface area contributed by atoms with Crippen LogP contribution in [0, 0.1) is 0 Å². The normalized spacial score (nSPS) is 10.5. The number of methoxy groups -OCH3 is 1. The van der Waals surface area contributed by atoms with Crippen molar-refractivity contribution in [3.8, 4) is 0 Å². The first-order valence-corrected chi connectivity index (χ1v) is 8.05. The molecule has 0 aliphatic rings. The van der Waals surface area contributed by atoms with E-state index in [1.54, 1.807) is 18.4 Å². The molecule has 1 amide bonds. The molecule has 1 aromatic carbocycles. The van der Waals surface area contributed by atoms with E-state index in [4.69, 9.17) is 4.74 Å². The second-order valence-electron chi connectivity index (χ2n) is 4.93. The number of aryl methyl sites for hydroxylation is 1. The van der Waals surface area contributed by atoms with Gasteiger partial charge in [0.15, 0.2) is 0 Å². The summed E-state index contributed by atoms with van der Waals surface area (Å²) in [5, 5.41) is 4.15. The molecule has 0 aliphatic carbocycles. The molecule has 0 unspecified atom stereocenters. The van der Waals surface area contributed by atoms with Gasteiger partial charge in [0.05, 0.1) is 6.61 Å². The average molecular weight is 303 g/mol. The molecule has 1 aromatic heterocycles. The number of thiophene rings is 1. The molecule has 0 atom stereocenters. The third-order valence-corrected chi connectivity index (χ3v) is 4.07. The molecule has 0 fully saturated rings. The minimum absolute atomic E-state index is 0.183. The Hall–Kier alpha value is -1.65. The van der Waals surface area contributed by atoms with Crippen LogP contribution in [0.1, 0.15) is 17.5 Å². The number of hydrogen-bond donors (Lipinski definition) is 0. The fourth-order valence-electron chi connectivity index (χ4n) is 2.14. The van der Waals surface area contributed by atoms with Crippen molar-refractivity contribution >= 4 is 17.2 Å². The highest BCUT2D eigenvalue weighted by Gasteiger charge is 2.13. The first-order valence-electron chi connectivity index (χ1n) is 7.11. The Kier molecular flexibility index (Phi) is 6.44. The Morgan fingerprint density at radius 2 is 2.00 bits per heavy atom. The Bertz CT molecular complexity index is 525. The molecular weight excluding hydrogens is 282 g/mol. The van der Waals surface area contributed by atoms with Gasteiger partial charge in [0.1, 0.15) is 0 Å². The lowest BCUT2D eigenvalue weighted by atomic mass is 10.1. The number of hydrogen-bond acceptors (Lipinski definition) is 3. The van der Waals surface area contributed by atoms with Crippen LogP contribution in [0.15, 0.2) is 47.2 Å². The number of ether oxygens (including phenoxy) is 1. The van der Waals surface area contributed by atoms with E-state index in [2.05, 4.69) is 11.4 Å². The number of nitrogens with zero attached hydrogens (tertiary/aromatic N) is 1. The van der Waals surface area contributed by atoms with Crippen molar-refractivity contribution in [3.05, 3.63) is 58.3 Å². The largest absolute Gasteiger partial charge is 0.383 e. The van der Waals surface area contributed by atoms with Crippen molar-refractivity contribution in [3.63, 3.8) is 0 Å². The lowest BCUT2D eigenvalue weighted by Gasteiger charge is -2.22. The lowest BCUT2D eigenvalue weighted by Crippen LogP contribution is -2.33. The van der Waals surface area contributed by atoms with E-state index in [0.717, 1.165) is 12.0 Å². The van der Waals surface area contributed by atoms with Gasteiger partial charge in [-0.15, -0.1) is 0 Å². The molecule has 3 nitrogen and oxygen atoms in total. The molecule has 0 aliphatic heterocycles. The van der Waals surface area contributed by atoms with Gasteiger partial charge in [0.2, 0.25) is 5.91 Å². The molecule has 2 aromatic rings. The zero-order valence-corrected chi connectivity index (χ0v) is 13.1. The maximum Gasteiger partial charge on any atom is 0.223 e. The minimum atomic E-state index is 0.183. The molecule has 0 bridgehead atoms. The summed E-state index contributed by atoms with van der Waals surface area (Å²) in [5.41, 5.74) is 2.39. The molecule has 112 valence electrons. The summed E-state index contributed by atoms with van der Waals surface area (Å²) in [6.45, 7) is 1.84. The second-order valence-corrected chi connectivity index (χ2v) is 5.71. The highest BCUT2D eigenvalue weighted by Crippen LogP contribution is 2.11. The Morgan fingerprint density at radius 1 is 1.19 bits per heavy atom. The SMILES string of the molecule is COCCN(Cc1ccccc1)C(=O)CCc1ccsc1. The summed E-state index contributed by atoms with van der Waals surface area (Å²) in [4.78, 5) is 14.3. The summed E-state index contributed by atoms with van der Waals surface area (Å²) < 4.78 is 5.12. The third kappa shape index (κ3) is 5.33. The number of carbonyl (C=O) groups is 1. The summed E-state index contributed by atoms with van der Waals surface area (Å²) >= 11 is 1.67. The summed E-state index contributed by atoms with van der Waals surface area (Å²) in [6, 6.07) is 12.2. The van der Waals surface area contributed by atoms with E-state index in [-0.39, 0.29) is 5.91 Å². The van der Waals surface area contributed by atoms with Gasteiger partial charge in [0, 0.05) is 26.6 Å². The lowest BCUT2D eigenvalue weighted by molar-refractivity contribution is -0.132. The maximum absolute atomic E-state index is 12.4. The molecule has 21 heavy (non-hydrogen) atoms. The topological polar surface area (TPSA) is 29.5 Å². The van der Waals surface area contributed by atoms with Gasteiger partial charge in [-0.3, -0.25) is 4.79 Å². The van der Waals surface area contributed by atoms with Gasteiger partial charge in [0.25, 0.3) is 0 Å². The first-order chi connectivity index (χ1) is 10.3. The number of amides is 1. The molecule has 1 heterocycles. The fourth-order valence-corrected chi connectivity index (χ4v) is 2.84. The second kappa shape index (κ2) is 8.60. The molecule has 2 rings (SSSR count). The van der Waals surface area contributed by atoms with Crippen LogP contribution >= 0.6 is 11.3 Å². The average Bonchev–Trinajstić information content (AvgIpc) is 3.03. The van der Waals surface area contributed by atoms with Crippen molar-refractivity contribution in [1.29, 1.82) is 0 Å². The highest BCUT2D eigenvalue weighted by molar-refractivity contribution is 7.07. The maximum atomic E-state index is 12.4. The number of benzene rings is 1. The first kappa shape index (κ1) is 15.7. The van der Waals surface area contributed by atoms with Gasteiger partial charge >= 0.3 is 0 Å². The van der Waals surface area contributed by atoms with Crippen LogP contribution in [0.3, 0.4) is 0 Å². The molecule has 4 heteroatoms. The zero-order chi connectivity index (χ0) is 14.9. The van der Waals surface area contributed by atoms with E-state index in [1.165, 1.54) is 5.56 Å². The predicted molar refractivity (Wildman–Crippen MR) is 86.4 cm³/mol. The van der Waals surface area contributed by atoms with Crippen LogP contribution in [-0.2, 0) is 22.5 Å². The van der Waals surface area contributed by atoms with Crippen LogP contribution in [0.25, 0.3) is 0 Å². The van der Waals surface area contributed by atoms with Crippen LogP contribution < -0.4 is 0 Å². The minimum Gasteiger partial charge on any atom is -0.383 e. The number of rotatable bonds is 8.